The SMILES string of the molecule is O=C(Cc1c(Cl)cccc1Cl)NC1(C(=O)O)CCC(c2ccccc2)CC1. The molecule has 1 fully saturated rings. The number of hydrogen-bond acceptors (Lipinski definition) is 2. The number of benzene rings is 2. The Morgan fingerprint density at radius 1 is 1.00 bits per heavy atom. The Labute approximate surface area is 168 Å². The van der Waals surface area contributed by atoms with Crippen LogP contribution in [-0.4, -0.2) is 22.5 Å². The molecular weight excluding hydrogens is 385 g/mol. The monoisotopic (exact) mass is 405 g/mol. The molecule has 0 aromatic heterocycles. The van der Waals surface area contributed by atoms with Gasteiger partial charge in [-0.2, -0.15) is 0 Å². The minimum Gasteiger partial charge on any atom is -0.480 e. The summed E-state index contributed by atoms with van der Waals surface area (Å²) in [5.41, 5.74) is 0.485. The first-order valence-electron chi connectivity index (χ1n) is 8.93. The lowest BCUT2D eigenvalue weighted by atomic mass is 9.74. The van der Waals surface area contributed by atoms with Crippen LogP contribution in [0.2, 0.25) is 10.0 Å². The first-order valence-corrected chi connectivity index (χ1v) is 9.69. The van der Waals surface area contributed by atoms with Gasteiger partial charge in [0.25, 0.3) is 0 Å². The van der Waals surface area contributed by atoms with E-state index in [1.165, 1.54) is 5.56 Å². The summed E-state index contributed by atoms with van der Waals surface area (Å²) in [4.78, 5) is 24.5. The van der Waals surface area contributed by atoms with Gasteiger partial charge in [0.15, 0.2) is 0 Å². The minimum atomic E-state index is -1.24. The average molecular weight is 406 g/mol. The molecule has 0 heterocycles. The maximum atomic E-state index is 12.6. The second-order valence-electron chi connectivity index (χ2n) is 7.00. The number of carboxylic acid groups (broad SMARTS) is 1. The quantitative estimate of drug-likeness (QED) is 0.747. The molecule has 0 bridgehead atoms. The summed E-state index contributed by atoms with van der Waals surface area (Å²) < 4.78 is 0. The fourth-order valence-electron chi connectivity index (χ4n) is 3.73. The first-order chi connectivity index (χ1) is 12.9. The highest BCUT2D eigenvalue weighted by Crippen LogP contribution is 2.38. The van der Waals surface area contributed by atoms with Crippen LogP contribution >= 0.6 is 23.2 Å². The lowest BCUT2D eigenvalue weighted by molar-refractivity contribution is -0.149. The molecule has 0 atom stereocenters. The summed E-state index contributed by atoms with van der Waals surface area (Å²) in [5.74, 6) is -1.06. The molecular formula is C21H21Cl2NO3. The van der Waals surface area contributed by atoms with Crippen molar-refractivity contribution in [3.8, 4) is 0 Å². The maximum Gasteiger partial charge on any atom is 0.329 e. The third kappa shape index (κ3) is 4.45. The molecule has 27 heavy (non-hydrogen) atoms. The van der Waals surface area contributed by atoms with Gasteiger partial charge >= 0.3 is 5.97 Å². The van der Waals surface area contributed by atoms with Gasteiger partial charge in [0.1, 0.15) is 5.54 Å². The Kier molecular flexibility index (Phi) is 6.08. The van der Waals surface area contributed by atoms with Gasteiger partial charge in [-0.05, 0) is 54.9 Å². The standard InChI is InChI=1S/C21H21Cl2NO3/c22-17-7-4-8-18(23)16(17)13-19(25)24-21(20(26)27)11-9-15(10-12-21)14-5-2-1-3-6-14/h1-8,15H,9-13H2,(H,24,25)(H,26,27). The molecule has 1 aliphatic rings. The van der Waals surface area contributed by atoms with Crippen LogP contribution in [0.5, 0.6) is 0 Å². The van der Waals surface area contributed by atoms with Crippen LogP contribution in [0.1, 0.15) is 42.7 Å². The molecule has 6 heteroatoms. The Bertz CT molecular complexity index is 810. The second kappa shape index (κ2) is 8.32. The number of carbonyl (C=O) groups is 2. The van der Waals surface area contributed by atoms with Crippen LogP contribution in [0.3, 0.4) is 0 Å². The highest BCUT2D eigenvalue weighted by Gasteiger charge is 2.43. The largest absolute Gasteiger partial charge is 0.480 e. The van der Waals surface area contributed by atoms with Gasteiger partial charge in [0.05, 0.1) is 6.42 Å². The molecule has 2 N–H and O–H groups in total. The van der Waals surface area contributed by atoms with E-state index in [1.807, 2.05) is 18.2 Å². The lowest BCUT2D eigenvalue weighted by Gasteiger charge is -2.37. The van der Waals surface area contributed by atoms with Crippen LogP contribution in [0, 0.1) is 0 Å². The van der Waals surface area contributed by atoms with Crippen LogP contribution in [0.25, 0.3) is 0 Å². The molecule has 0 saturated heterocycles. The van der Waals surface area contributed by atoms with Gasteiger partial charge < -0.3 is 10.4 Å². The predicted octanol–water partition coefficient (Wildman–Crippen LogP) is 4.83. The van der Waals surface area contributed by atoms with Gasteiger partial charge in [-0.15, -0.1) is 0 Å². The summed E-state index contributed by atoms with van der Waals surface area (Å²) in [6.07, 6.45) is 2.16. The zero-order chi connectivity index (χ0) is 19.4. The van der Waals surface area contributed by atoms with Crippen LogP contribution in [-0.2, 0) is 16.0 Å². The molecule has 142 valence electrons. The van der Waals surface area contributed by atoms with E-state index < -0.39 is 11.5 Å². The highest BCUT2D eigenvalue weighted by atomic mass is 35.5. The number of aliphatic carboxylic acids is 1. The van der Waals surface area contributed by atoms with Crippen molar-refractivity contribution in [1.29, 1.82) is 0 Å². The van der Waals surface area contributed by atoms with E-state index in [0.29, 0.717) is 47.2 Å². The minimum absolute atomic E-state index is 0.0460. The fraction of sp³-hybridized carbons (Fsp3) is 0.333. The Hall–Kier alpha value is -2.04. The van der Waals surface area contributed by atoms with Crippen molar-refractivity contribution in [2.24, 2.45) is 0 Å². The predicted molar refractivity (Wildman–Crippen MR) is 106 cm³/mol. The number of halogens is 2. The molecule has 1 aliphatic carbocycles. The summed E-state index contributed by atoms with van der Waals surface area (Å²) in [7, 11) is 0. The maximum absolute atomic E-state index is 12.6. The van der Waals surface area contributed by atoms with Gasteiger partial charge in [-0.3, -0.25) is 4.79 Å². The van der Waals surface area contributed by atoms with Crippen molar-refractivity contribution in [1.82, 2.24) is 5.32 Å². The zero-order valence-corrected chi connectivity index (χ0v) is 16.3. The van der Waals surface area contributed by atoms with Crippen molar-refractivity contribution in [3.05, 3.63) is 69.7 Å². The second-order valence-corrected chi connectivity index (χ2v) is 7.81. The third-order valence-corrected chi connectivity index (χ3v) is 6.01. The van der Waals surface area contributed by atoms with Crippen molar-refractivity contribution >= 4 is 35.1 Å². The summed E-state index contributed by atoms with van der Waals surface area (Å²) in [5, 5.41) is 13.3. The topological polar surface area (TPSA) is 66.4 Å². The number of amides is 1. The summed E-state index contributed by atoms with van der Waals surface area (Å²) in [6, 6.07) is 15.1. The number of carboxylic acids is 1. The molecule has 0 aliphatic heterocycles. The molecule has 0 unspecified atom stereocenters. The van der Waals surface area contributed by atoms with Gasteiger partial charge in [0.2, 0.25) is 5.91 Å². The smallest absolute Gasteiger partial charge is 0.329 e. The average Bonchev–Trinajstić information content (AvgIpc) is 2.66. The Morgan fingerprint density at radius 3 is 2.15 bits per heavy atom. The third-order valence-electron chi connectivity index (χ3n) is 5.30. The molecule has 1 saturated carbocycles. The van der Waals surface area contributed by atoms with E-state index in [4.69, 9.17) is 23.2 Å². The van der Waals surface area contributed by atoms with E-state index in [-0.39, 0.29) is 12.3 Å². The fourth-order valence-corrected chi connectivity index (χ4v) is 4.27. The normalized spacial score (nSPS) is 22.2. The van der Waals surface area contributed by atoms with Crippen molar-refractivity contribution in [2.75, 3.05) is 0 Å². The molecule has 3 rings (SSSR count). The van der Waals surface area contributed by atoms with Crippen LogP contribution in [0.15, 0.2) is 48.5 Å². The number of rotatable bonds is 5. The number of nitrogens with one attached hydrogen (secondary N) is 1. The van der Waals surface area contributed by atoms with Crippen LogP contribution < -0.4 is 5.32 Å². The molecule has 2 aromatic carbocycles. The Morgan fingerprint density at radius 2 is 1.59 bits per heavy atom. The van der Waals surface area contributed by atoms with E-state index in [9.17, 15) is 14.7 Å². The van der Waals surface area contributed by atoms with Gasteiger partial charge in [-0.1, -0.05) is 59.6 Å². The van der Waals surface area contributed by atoms with E-state index in [1.54, 1.807) is 18.2 Å². The van der Waals surface area contributed by atoms with E-state index in [0.717, 1.165) is 0 Å². The lowest BCUT2D eigenvalue weighted by Crippen LogP contribution is -2.56. The summed E-state index contributed by atoms with van der Waals surface area (Å²) >= 11 is 12.2. The van der Waals surface area contributed by atoms with Gasteiger partial charge in [0, 0.05) is 10.0 Å². The Balaban J connectivity index is 1.69. The van der Waals surface area contributed by atoms with Crippen molar-refractivity contribution < 1.29 is 14.7 Å². The number of hydrogen-bond donors (Lipinski definition) is 2. The van der Waals surface area contributed by atoms with Crippen molar-refractivity contribution in [3.63, 3.8) is 0 Å². The van der Waals surface area contributed by atoms with E-state index in [2.05, 4.69) is 17.4 Å². The van der Waals surface area contributed by atoms with Gasteiger partial charge in [-0.25, -0.2) is 4.79 Å². The summed E-state index contributed by atoms with van der Waals surface area (Å²) in [6.45, 7) is 0. The zero-order valence-electron chi connectivity index (χ0n) is 14.8. The van der Waals surface area contributed by atoms with Crippen molar-refractivity contribution in [2.45, 2.75) is 43.6 Å². The molecule has 0 radical (unpaired) electrons. The molecule has 0 spiro atoms. The molecule has 2 aromatic rings. The van der Waals surface area contributed by atoms with Crippen LogP contribution in [0.4, 0.5) is 0 Å². The first kappa shape index (κ1) is 19.7. The molecule has 4 nitrogen and oxygen atoms in total. The van der Waals surface area contributed by atoms with E-state index >= 15 is 0 Å². The molecule has 1 amide bonds. The number of carbonyl (C=O) groups excluding carboxylic acids is 1. The highest BCUT2D eigenvalue weighted by molar-refractivity contribution is 6.36.